The predicted molar refractivity (Wildman–Crippen MR) is 87.3 cm³/mol. The highest BCUT2D eigenvalue weighted by atomic mass is 16.3. The summed E-state index contributed by atoms with van der Waals surface area (Å²) in [6.45, 7) is 6.82. The third-order valence-corrected chi connectivity index (χ3v) is 8.20. The first kappa shape index (κ1) is 14.9. The molecule has 0 heterocycles. The van der Waals surface area contributed by atoms with Gasteiger partial charge in [-0.1, -0.05) is 19.4 Å². The summed E-state index contributed by atoms with van der Waals surface area (Å²) in [5, 5.41) is 10.9. The standard InChI is InChI=1S/C20H30O2/c1-12-10-13-11-14(21)4-5-15(13)16-6-8-19(2)17(18(12)16)7-9-20(19,3)22/h11-12,15-18,22H,4-10H2,1-3H3/t12-,15?,16?,17?,18?,19+,20+/m1/s1. The van der Waals surface area contributed by atoms with Gasteiger partial charge in [-0.2, -0.15) is 0 Å². The van der Waals surface area contributed by atoms with Crippen LogP contribution in [0.3, 0.4) is 0 Å². The lowest BCUT2D eigenvalue weighted by Crippen LogP contribution is -2.53. The fourth-order valence-electron chi connectivity index (χ4n) is 6.83. The molecule has 4 aliphatic rings. The first-order valence-corrected chi connectivity index (χ1v) is 9.29. The normalized spacial score (nSPS) is 54.3. The van der Waals surface area contributed by atoms with Gasteiger partial charge in [0.25, 0.3) is 0 Å². The summed E-state index contributed by atoms with van der Waals surface area (Å²) in [7, 11) is 0. The molecule has 0 aliphatic heterocycles. The zero-order valence-electron chi connectivity index (χ0n) is 14.3. The number of ketones is 1. The quantitative estimate of drug-likeness (QED) is 0.730. The van der Waals surface area contributed by atoms with Crippen LogP contribution in [0.15, 0.2) is 11.6 Å². The summed E-state index contributed by atoms with van der Waals surface area (Å²) in [6.07, 6.45) is 9.51. The van der Waals surface area contributed by atoms with E-state index in [4.69, 9.17) is 0 Å². The minimum atomic E-state index is -0.485. The monoisotopic (exact) mass is 302 g/mol. The molecule has 2 nitrogen and oxygen atoms in total. The molecule has 0 aromatic heterocycles. The van der Waals surface area contributed by atoms with E-state index >= 15 is 0 Å². The Morgan fingerprint density at radius 3 is 2.73 bits per heavy atom. The van der Waals surface area contributed by atoms with Gasteiger partial charge in [0.1, 0.15) is 0 Å². The number of carbonyl (C=O) groups is 1. The van der Waals surface area contributed by atoms with E-state index in [0.29, 0.717) is 23.5 Å². The minimum Gasteiger partial charge on any atom is -0.390 e. The molecule has 4 unspecified atom stereocenters. The summed E-state index contributed by atoms with van der Waals surface area (Å²) in [4.78, 5) is 11.8. The summed E-state index contributed by atoms with van der Waals surface area (Å²) in [5.74, 6) is 3.86. The molecule has 0 spiro atoms. The Morgan fingerprint density at radius 2 is 1.95 bits per heavy atom. The van der Waals surface area contributed by atoms with Gasteiger partial charge in [0.05, 0.1) is 5.60 Å². The molecule has 3 saturated carbocycles. The van der Waals surface area contributed by atoms with Crippen molar-refractivity contribution in [3.63, 3.8) is 0 Å². The molecule has 0 saturated heterocycles. The number of hydrogen-bond acceptors (Lipinski definition) is 2. The largest absolute Gasteiger partial charge is 0.390 e. The first-order valence-electron chi connectivity index (χ1n) is 9.29. The number of hydrogen-bond donors (Lipinski definition) is 1. The van der Waals surface area contributed by atoms with Crippen LogP contribution in [0.5, 0.6) is 0 Å². The molecule has 0 bridgehead atoms. The van der Waals surface area contributed by atoms with Gasteiger partial charge in [-0.25, -0.2) is 0 Å². The van der Waals surface area contributed by atoms with Gasteiger partial charge in [0.2, 0.25) is 0 Å². The number of carbonyl (C=O) groups excluding carboxylic acids is 1. The van der Waals surface area contributed by atoms with Gasteiger partial charge < -0.3 is 5.11 Å². The Labute approximate surface area is 134 Å². The van der Waals surface area contributed by atoms with Crippen molar-refractivity contribution in [2.24, 2.45) is 35.0 Å². The maximum atomic E-state index is 11.8. The number of aliphatic hydroxyl groups is 1. The fraction of sp³-hybridized carbons (Fsp3) is 0.850. The van der Waals surface area contributed by atoms with Crippen molar-refractivity contribution < 1.29 is 9.90 Å². The van der Waals surface area contributed by atoms with Gasteiger partial charge in [-0.3, -0.25) is 4.79 Å². The smallest absolute Gasteiger partial charge is 0.155 e. The number of allylic oxidation sites excluding steroid dienone is 1. The predicted octanol–water partition coefficient (Wildman–Crippen LogP) is 4.13. The molecular formula is C20H30O2. The number of rotatable bonds is 0. The van der Waals surface area contributed by atoms with Crippen LogP contribution >= 0.6 is 0 Å². The van der Waals surface area contributed by atoms with Gasteiger partial charge in [-0.15, -0.1) is 0 Å². The van der Waals surface area contributed by atoms with Crippen LogP contribution in [0, 0.1) is 35.0 Å². The van der Waals surface area contributed by atoms with E-state index in [1.54, 1.807) is 0 Å². The van der Waals surface area contributed by atoms with Crippen molar-refractivity contribution in [2.45, 2.75) is 71.3 Å². The highest BCUT2D eigenvalue weighted by Gasteiger charge is 2.61. The Hall–Kier alpha value is -0.630. The van der Waals surface area contributed by atoms with Crippen molar-refractivity contribution in [1.82, 2.24) is 0 Å². The molecule has 3 fully saturated rings. The molecule has 0 amide bonds. The first-order chi connectivity index (χ1) is 10.3. The van der Waals surface area contributed by atoms with E-state index in [9.17, 15) is 9.90 Å². The third-order valence-electron chi connectivity index (χ3n) is 8.20. The molecule has 4 aliphatic carbocycles. The van der Waals surface area contributed by atoms with Crippen molar-refractivity contribution in [3.05, 3.63) is 11.6 Å². The Bertz CT molecular complexity index is 532. The molecule has 7 atom stereocenters. The van der Waals surface area contributed by atoms with Crippen molar-refractivity contribution in [2.75, 3.05) is 0 Å². The van der Waals surface area contributed by atoms with E-state index in [1.165, 1.54) is 18.4 Å². The second-order valence-corrected chi connectivity index (χ2v) is 9.13. The fourth-order valence-corrected chi connectivity index (χ4v) is 6.83. The van der Waals surface area contributed by atoms with E-state index in [1.807, 2.05) is 6.08 Å². The van der Waals surface area contributed by atoms with Gasteiger partial charge in [-0.05, 0) is 86.5 Å². The van der Waals surface area contributed by atoms with E-state index in [0.717, 1.165) is 43.9 Å². The Kier molecular flexibility index (Phi) is 3.18. The van der Waals surface area contributed by atoms with Crippen molar-refractivity contribution in [1.29, 1.82) is 0 Å². The zero-order valence-corrected chi connectivity index (χ0v) is 14.3. The molecule has 122 valence electrons. The SMILES string of the molecule is C[C@@H]1CC2=CC(=O)CCC2C2CC[C@@]3(C)C(CC[C@]3(C)O)C21. The van der Waals surface area contributed by atoms with Crippen LogP contribution in [-0.2, 0) is 4.79 Å². The third kappa shape index (κ3) is 1.85. The average Bonchev–Trinajstić information content (AvgIpc) is 2.69. The maximum Gasteiger partial charge on any atom is 0.155 e. The molecule has 0 radical (unpaired) electrons. The van der Waals surface area contributed by atoms with E-state index < -0.39 is 5.60 Å². The summed E-state index contributed by atoms with van der Waals surface area (Å²) >= 11 is 0. The van der Waals surface area contributed by atoms with Crippen LogP contribution < -0.4 is 0 Å². The van der Waals surface area contributed by atoms with Crippen LogP contribution in [0.1, 0.15) is 65.7 Å². The number of fused-ring (bicyclic) bond motifs is 5. The minimum absolute atomic E-state index is 0.105. The second-order valence-electron chi connectivity index (χ2n) is 9.13. The van der Waals surface area contributed by atoms with Gasteiger partial charge in [0, 0.05) is 6.42 Å². The molecule has 0 aromatic carbocycles. The molecule has 0 aromatic rings. The highest BCUT2D eigenvalue weighted by molar-refractivity contribution is 5.91. The summed E-state index contributed by atoms with van der Waals surface area (Å²) < 4.78 is 0. The van der Waals surface area contributed by atoms with Crippen LogP contribution in [0.25, 0.3) is 0 Å². The highest BCUT2D eigenvalue weighted by Crippen LogP contribution is 2.65. The lowest BCUT2D eigenvalue weighted by atomic mass is 9.48. The Morgan fingerprint density at radius 1 is 1.18 bits per heavy atom. The second kappa shape index (κ2) is 4.69. The van der Waals surface area contributed by atoms with E-state index in [2.05, 4.69) is 20.8 Å². The molecule has 4 rings (SSSR count). The van der Waals surface area contributed by atoms with Crippen LogP contribution in [0.4, 0.5) is 0 Å². The molecule has 22 heavy (non-hydrogen) atoms. The van der Waals surface area contributed by atoms with Gasteiger partial charge >= 0.3 is 0 Å². The molecular weight excluding hydrogens is 272 g/mol. The lowest BCUT2D eigenvalue weighted by Gasteiger charge is -2.57. The topological polar surface area (TPSA) is 37.3 Å². The zero-order chi connectivity index (χ0) is 15.7. The average molecular weight is 302 g/mol. The lowest BCUT2D eigenvalue weighted by molar-refractivity contribution is -0.121. The van der Waals surface area contributed by atoms with Crippen molar-refractivity contribution >= 4 is 5.78 Å². The van der Waals surface area contributed by atoms with Crippen LogP contribution in [-0.4, -0.2) is 16.5 Å². The summed E-state index contributed by atoms with van der Waals surface area (Å²) in [5.41, 5.74) is 1.08. The summed E-state index contributed by atoms with van der Waals surface area (Å²) in [6, 6.07) is 0. The van der Waals surface area contributed by atoms with Gasteiger partial charge in [0.15, 0.2) is 5.78 Å². The maximum absolute atomic E-state index is 11.8. The van der Waals surface area contributed by atoms with Crippen LogP contribution in [0.2, 0.25) is 0 Å². The Balaban J connectivity index is 1.69. The van der Waals surface area contributed by atoms with Crippen molar-refractivity contribution in [3.8, 4) is 0 Å². The molecule has 2 heteroatoms. The van der Waals surface area contributed by atoms with E-state index in [-0.39, 0.29) is 5.41 Å². The molecule has 1 N–H and O–H groups in total.